The number of hydrogen-bond acceptors (Lipinski definition) is 5. The lowest BCUT2D eigenvalue weighted by molar-refractivity contribution is -0.157. The van der Waals surface area contributed by atoms with E-state index in [2.05, 4.69) is 18.6 Å². The van der Waals surface area contributed by atoms with E-state index in [9.17, 15) is 27.7 Å². The van der Waals surface area contributed by atoms with Crippen LogP contribution in [-0.2, 0) is 24.4 Å². The van der Waals surface area contributed by atoms with E-state index >= 15 is 0 Å². The summed E-state index contributed by atoms with van der Waals surface area (Å²) >= 11 is 0. The molecule has 1 atom stereocenters. The van der Waals surface area contributed by atoms with Crippen molar-refractivity contribution in [3.05, 3.63) is 0 Å². The van der Waals surface area contributed by atoms with E-state index in [1.54, 1.807) is 0 Å². The molecule has 8 heteroatoms. The minimum absolute atomic E-state index is 0.0168. The second-order valence-corrected chi connectivity index (χ2v) is 9.42. The molecule has 0 heterocycles. The van der Waals surface area contributed by atoms with Crippen molar-refractivity contribution < 1.29 is 32.4 Å². The van der Waals surface area contributed by atoms with Crippen LogP contribution in [0.1, 0.15) is 104 Å². The van der Waals surface area contributed by atoms with E-state index in [0.29, 0.717) is 12.8 Å². The topological polar surface area (TPSA) is 118 Å². The summed E-state index contributed by atoms with van der Waals surface area (Å²) in [6, 6.07) is 0. The van der Waals surface area contributed by atoms with Crippen molar-refractivity contribution >= 4 is 22.1 Å². The van der Waals surface area contributed by atoms with Crippen LogP contribution in [-0.4, -0.2) is 42.4 Å². The quantitative estimate of drug-likeness (QED) is 0.176. The maximum atomic E-state index is 12.3. The van der Waals surface area contributed by atoms with Crippen molar-refractivity contribution in [3.8, 4) is 0 Å². The standard InChI is InChI=1S/C21H40O7S/c1-4-6-8-10-12-14-16-21(20(23)24,17-15-13-11-9-7-5-2)18(19(22)28-3)29(25,26)27/h18H,4-17H2,1-3H3,(H,23,24)(H,25,26,27). The molecule has 0 amide bonds. The maximum absolute atomic E-state index is 12.3. The predicted octanol–water partition coefficient (Wildman–Crippen LogP) is 4.99. The fraction of sp³-hybridized carbons (Fsp3) is 0.905. The van der Waals surface area contributed by atoms with Crippen molar-refractivity contribution in [2.24, 2.45) is 5.41 Å². The van der Waals surface area contributed by atoms with Crippen LogP contribution in [0, 0.1) is 5.41 Å². The van der Waals surface area contributed by atoms with Gasteiger partial charge in [-0.2, -0.15) is 8.42 Å². The van der Waals surface area contributed by atoms with E-state index < -0.39 is 32.7 Å². The van der Waals surface area contributed by atoms with Gasteiger partial charge in [-0.1, -0.05) is 90.9 Å². The smallest absolute Gasteiger partial charge is 0.327 e. The molecule has 0 aliphatic carbocycles. The number of rotatable bonds is 18. The summed E-state index contributed by atoms with van der Waals surface area (Å²) in [5.41, 5.74) is -1.88. The highest BCUT2D eigenvalue weighted by atomic mass is 32.2. The molecule has 0 radical (unpaired) electrons. The zero-order chi connectivity index (χ0) is 22.3. The summed E-state index contributed by atoms with van der Waals surface area (Å²) < 4.78 is 38.3. The van der Waals surface area contributed by atoms with Crippen molar-refractivity contribution in [2.45, 2.75) is 109 Å². The summed E-state index contributed by atoms with van der Waals surface area (Å²) in [6.07, 6.45) is 10.8. The van der Waals surface area contributed by atoms with Crippen LogP contribution in [0.25, 0.3) is 0 Å². The maximum Gasteiger partial charge on any atom is 0.327 e. The van der Waals surface area contributed by atoms with Crippen LogP contribution < -0.4 is 0 Å². The first-order chi connectivity index (χ1) is 13.7. The van der Waals surface area contributed by atoms with Gasteiger partial charge in [0.1, 0.15) is 0 Å². The third-order valence-corrected chi connectivity index (χ3v) is 6.83. The first-order valence-corrected chi connectivity index (χ1v) is 12.4. The van der Waals surface area contributed by atoms with Gasteiger partial charge in [-0.3, -0.25) is 14.1 Å². The fourth-order valence-electron chi connectivity index (χ4n) is 3.89. The van der Waals surface area contributed by atoms with E-state index in [1.807, 2.05) is 0 Å². The molecule has 0 rings (SSSR count). The lowest BCUT2D eigenvalue weighted by atomic mass is 9.74. The SMILES string of the molecule is CCCCCCCCC(CCCCCCCC)(C(=O)O)C(C(=O)OC)S(=O)(=O)O. The zero-order valence-corrected chi connectivity index (χ0v) is 19.1. The first kappa shape index (κ1) is 27.8. The molecular formula is C21H40O7S. The van der Waals surface area contributed by atoms with Crippen molar-refractivity contribution in [1.29, 1.82) is 0 Å². The molecule has 1 unspecified atom stereocenters. The number of methoxy groups -OCH3 is 1. The Morgan fingerprint density at radius 2 is 1.21 bits per heavy atom. The highest BCUT2D eigenvalue weighted by Crippen LogP contribution is 2.40. The van der Waals surface area contributed by atoms with Crippen LogP contribution in [0.4, 0.5) is 0 Å². The molecule has 0 aromatic rings. The molecule has 0 aromatic heterocycles. The Morgan fingerprint density at radius 3 is 1.52 bits per heavy atom. The van der Waals surface area contributed by atoms with Gasteiger partial charge in [0.2, 0.25) is 0 Å². The lowest BCUT2D eigenvalue weighted by Gasteiger charge is -2.34. The van der Waals surface area contributed by atoms with Gasteiger partial charge in [-0.15, -0.1) is 0 Å². The predicted molar refractivity (Wildman–Crippen MR) is 113 cm³/mol. The van der Waals surface area contributed by atoms with Gasteiger partial charge in [0.05, 0.1) is 12.5 Å². The molecule has 0 spiro atoms. The van der Waals surface area contributed by atoms with E-state index in [1.165, 1.54) is 0 Å². The molecule has 29 heavy (non-hydrogen) atoms. The van der Waals surface area contributed by atoms with E-state index in [0.717, 1.165) is 71.3 Å². The van der Waals surface area contributed by atoms with Gasteiger partial charge >= 0.3 is 11.9 Å². The van der Waals surface area contributed by atoms with E-state index in [4.69, 9.17) is 0 Å². The average Bonchev–Trinajstić information content (AvgIpc) is 2.65. The zero-order valence-electron chi connectivity index (χ0n) is 18.3. The Morgan fingerprint density at radius 1 is 0.828 bits per heavy atom. The van der Waals surface area contributed by atoms with Gasteiger partial charge in [0.15, 0.2) is 5.25 Å². The molecule has 0 saturated heterocycles. The molecule has 0 aliphatic rings. The van der Waals surface area contributed by atoms with Crippen LogP contribution >= 0.6 is 0 Å². The number of carboxylic acids is 1. The fourth-order valence-corrected chi connectivity index (χ4v) is 5.14. The number of carbonyl (C=O) groups is 2. The third kappa shape index (κ3) is 9.94. The number of esters is 1. The normalized spacial score (nSPS) is 13.2. The molecule has 0 bridgehead atoms. The van der Waals surface area contributed by atoms with Crippen LogP contribution in [0.2, 0.25) is 0 Å². The monoisotopic (exact) mass is 436 g/mol. The van der Waals surface area contributed by atoms with E-state index in [-0.39, 0.29) is 12.8 Å². The second-order valence-electron chi connectivity index (χ2n) is 7.91. The largest absolute Gasteiger partial charge is 0.481 e. The summed E-state index contributed by atoms with van der Waals surface area (Å²) in [6.45, 7) is 4.20. The third-order valence-electron chi connectivity index (χ3n) is 5.59. The molecule has 0 saturated carbocycles. The number of unbranched alkanes of at least 4 members (excludes halogenated alkanes) is 10. The molecule has 7 nitrogen and oxygen atoms in total. The minimum Gasteiger partial charge on any atom is -0.481 e. The van der Waals surface area contributed by atoms with Crippen LogP contribution in [0.3, 0.4) is 0 Å². The summed E-state index contributed by atoms with van der Waals surface area (Å²) in [5, 5.41) is 7.89. The van der Waals surface area contributed by atoms with Crippen molar-refractivity contribution in [3.63, 3.8) is 0 Å². The molecular weight excluding hydrogens is 396 g/mol. The Bertz CT molecular complexity index is 556. The molecule has 2 N–H and O–H groups in total. The Labute approximate surface area is 176 Å². The van der Waals surface area contributed by atoms with Crippen LogP contribution in [0.15, 0.2) is 0 Å². The number of aliphatic carboxylic acids is 1. The minimum atomic E-state index is -4.94. The molecule has 172 valence electrons. The molecule has 0 fully saturated rings. The molecule has 0 aromatic carbocycles. The van der Waals surface area contributed by atoms with Crippen molar-refractivity contribution in [2.75, 3.05) is 7.11 Å². The lowest BCUT2D eigenvalue weighted by Crippen LogP contribution is -2.51. The Hall–Kier alpha value is -1.15. The highest BCUT2D eigenvalue weighted by molar-refractivity contribution is 7.87. The van der Waals surface area contributed by atoms with Gasteiger partial charge in [-0.05, 0) is 12.8 Å². The van der Waals surface area contributed by atoms with Gasteiger partial charge in [-0.25, -0.2) is 0 Å². The summed E-state index contributed by atoms with van der Waals surface area (Å²) in [7, 11) is -3.93. The van der Waals surface area contributed by atoms with Gasteiger partial charge in [0, 0.05) is 0 Å². The van der Waals surface area contributed by atoms with Crippen LogP contribution in [0.5, 0.6) is 0 Å². The summed E-state index contributed by atoms with van der Waals surface area (Å²) in [5.74, 6) is -2.58. The number of hydrogen-bond donors (Lipinski definition) is 2. The highest BCUT2D eigenvalue weighted by Gasteiger charge is 2.55. The number of carboxylic acid groups (broad SMARTS) is 1. The summed E-state index contributed by atoms with van der Waals surface area (Å²) in [4.78, 5) is 24.5. The first-order valence-electron chi connectivity index (χ1n) is 10.9. The van der Waals surface area contributed by atoms with Gasteiger partial charge < -0.3 is 9.84 Å². The van der Waals surface area contributed by atoms with Gasteiger partial charge in [0.25, 0.3) is 10.1 Å². The van der Waals surface area contributed by atoms with Crippen molar-refractivity contribution in [1.82, 2.24) is 0 Å². The Balaban J connectivity index is 5.46. The number of ether oxygens (including phenoxy) is 1. The second kappa shape index (κ2) is 14.8. The Kier molecular flexibility index (Phi) is 14.2. The molecule has 0 aliphatic heterocycles. The average molecular weight is 437 g/mol. The number of carbonyl (C=O) groups excluding carboxylic acids is 1.